The van der Waals surface area contributed by atoms with Crippen LogP contribution in [0.3, 0.4) is 0 Å². The minimum Gasteiger partial charge on any atom is -0.0884 e. The third-order valence-corrected chi connectivity index (χ3v) is 6.16. The molecule has 2 aliphatic rings. The number of alkyl halides is 1. The predicted molar refractivity (Wildman–Crippen MR) is 84.7 cm³/mol. The highest BCUT2D eigenvalue weighted by molar-refractivity contribution is 9.09. The molecule has 2 aromatic carbocycles. The van der Waals surface area contributed by atoms with Crippen molar-refractivity contribution in [2.45, 2.75) is 30.5 Å². The summed E-state index contributed by atoms with van der Waals surface area (Å²) < 4.78 is 0. The van der Waals surface area contributed by atoms with Gasteiger partial charge in [-0.15, -0.1) is 0 Å². The van der Waals surface area contributed by atoms with Gasteiger partial charge in [0.05, 0.1) is 0 Å². The monoisotopic (exact) mass is 314 g/mol. The van der Waals surface area contributed by atoms with Crippen LogP contribution in [0.1, 0.15) is 24.8 Å². The molecule has 19 heavy (non-hydrogen) atoms. The molecule has 0 aromatic heterocycles. The van der Waals surface area contributed by atoms with Crippen LogP contribution in [-0.2, 0) is 6.42 Å². The molecule has 0 N–H and O–H groups in total. The van der Waals surface area contributed by atoms with Gasteiger partial charge in [0.25, 0.3) is 0 Å². The summed E-state index contributed by atoms with van der Waals surface area (Å²) in [5, 5.41) is 2.80. The predicted octanol–water partition coefficient (Wildman–Crippen LogP) is 5.19. The van der Waals surface area contributed by atoms with Crippen molar-refractivity contribution in [3.8, 4) is 0 Å². The first-order valence-electron chi connectivity index (χ1n) is 7.42. The summed E-state index contributed by atoms with van der Waals surface area (Å²) in [6.07, 6.45) is 5.62. The Morgan fingerprint density at radius 1 is 0.947 bits per heavy atom. The van der Waals surface area contributed by atoms with Gasteiger partial charge in [0, 0.05) is 4.83 Å². The molecule has 2 fully saturated rings. The Balaban J connectivity index is 1.57. The van der Waals surface area contributed by atoms with Crippen molar-refractivity contribution in [2.24, 2.45) is 17.8 Å². The second-order valence-corrected chi connectivity index (χ2v) is 7.52. The molecular weight excluding hydrogens is 296 g/mol. The van der Waals surface area contributed by atoms with E-state index in [1.165, 1.54) is 42.0 Å². The van der Waals surface area contributed by atoms with Crippen LogP contribution in [0, 0.1) is 17.8 Å². The van der Waals surface area contributed by atoms with Crippen molar-refractivity contribution in [2.75, 3.05) is 0 Å². The zero-order chi connectivity index (χ0) is 12.8. The molecule has 98 valence electrons. The standard InChI is InChI=1S/C18H19Br/c19-18(16-9-14-8-15(14)10-16)11-13-6-3-5-12-4-1-2-7-17(12)13/h1-7,14-16,18H,8-11H2. The summed E-state index contributed by atoms with van der Waals surface area (Å²) in [6.45, 7) is 0. The molecule has 0 spiro atoms. The van der Waals surface area contributed by atoms with Gasteiger partial charge < -0.3 is 0 Å². The maximum Gasteiger partial charge on any atom is 0.0214 e. The van der Waals surface area contributed by atoms with Crippen LogP contribution in [-0.4, -0.2) is 4.83 Å². The van der Waals surface area contributed by atoms with E-state index in [9.17, 15) is 0 Å². The van der Waals surface area contributed by atoms with E-state index in [2.05, 4.69) is 58.4 Å². The molecule has 0 heterocycles. The average Bonchev–Trinajstić information content (AvgIpc) is 3.05. The first-order valence-corrected chi connectivity index (χ1v) is 8.33. The smallest absolute Gasteiger partial charge is 0.0214 e. The highest BCUT2D eigenvalue weighted by atomic mass is 79.9. The normalized spacial score (nSPS) is 30.3. The van der Waals surface area contributed by atoms with E-state index in [0.29, 0.717) is 4.83 Å². The lowest BCUT2D eigenvalue weighted by molar-refractivity contribution is 0.471. The zero-order valence-electron chi connectivity index (χ0n) is 11.1. The largest absolute Gasteiger partial charge is 0.0884 e. The van der Waals surface area contributed by atoms with E-state index in [0.717, 1.165) is 17.8 Å². The second kappa shape index (κ2) is 4.63. The van der Waals surface area contributed by atoms with Crippen LogP contribution < -0.4 is 0 Å². The number of hydrogen-bond acceptors (Lipinski definition) is 0. The molecule has 0 bridgehead atoms. The molecule has 0 aliphatic heterocycles. The van der Waals surface area contributed by atoms with Crippen LogP contribution >= 0.6 is 15.9 Å². The van der Waals surface area contributed by atoms with Crippen LogP contribution in [0.5, 0.6) is 0 Å². The van der Waals surface area contributed by atoms with Gasteiger partial charge >= 0.3 is 0 Å². The second-order valence-electron chi connectivity index (χ2n) is 6.35. The Bertz CT molecular complexity index is 588. The summed E-state index contributed by atoms with van der Waals surface area (Å²) in [7, 11) is 0. The van der Waals surface area contributed by atoms with Crippen molar-refractivity contribution in [1.82, 2.24) is 0 Å². The fraction of sp³-hybridized carbons (Fsp3) is 0.444. The Morgan fingerprint density at radius 2 is 1.68 bits per heavy atom. The van der Waals surface area contributed by atoms with E-state index in [1.807, 2.05) is 0 Å². The highest BCUT2D eigenvalue weighted by Crippen LogP contribution is 2.56. The van der Waals surface area contributed by atoms with Gasteiger partial charge in [-0.3, -0.25) is 0 Å². The Morgan fingerprint density at radius 3 is 2.53 bits per heavy atom. The number of rotatable bonds is 3. The van der Waals surface area contributed by atoms with Gasteiger partial charge in [-0.05, 0) is 59.8 Å². The van der Waals surface area contributed by atoms with E-state index in [1.54, 1.807) is 0 Å². The molecule has 0 radical (unpaired) electrons. The number of benzene rings is 2. The summed E-state index contributed by atoms with van der Waals surface area (Å²) in [5.41, 5.74) is 1.50. The van der Waals surface area contributed by atoms with Crippen LogP contribution in [0.4, 0.5) is 0 Å². The third-order valence-electron chi connectivity index (χ3n) is 5.09. The molecular formula is C18H19Br. The molecule has 0 nitrogen and oxygen atoms in total. The van der Waals surface area contributed by atoms with Crippen LogP contribution in [0.2, 0.25) is 0 Å². The van der Waals surface area contributed by atoms with Crippen molar-refractivity contribution in [1.29, 1.82) is 0 Å². The first kappa shape index (κ1) is 12.0. The third kappa shape index (κ3) is 2.23. The maximum atomic E-state index is 3.98. The van der Waals surface area contributed by atoms with Crippen molar-refractivity contribution in [3.63, 3.8) is 0 Å². The van der Waals surface area contributed by atoms with Gasteiger partial charge in [0.15, 0.2) is 0 Å². The summed E-state index contributed by atoms with van der Waals surface area (Å²) in [5.74, 6) is 3.07. The van der Waals surface area contributed by atoms with Crippen LogP contribution in [0.25, 0.3) is 10.8 Å². The Kier molecular flexibility index (Phi) is 2.91. The first-order chi connectivity index (χ1) is 9.31. The summed E-state index contributed by atoms with van der Waals surface area (Å²) in [4.78, 5) is 0.658. The number of fused-ring (bicyclic) bond motifs is 2. The van der Waals surface area contributed by atoms with Gasteiger partial charge in [0.1, 0.15) is 0 Å². The maximum absolute atomic E-state index is 3.98. The number of hydrogen-bond donors (Lipinski definition) is 0. The fourth-order valence-corrected chi connectivity index (χ4v) is 4.68. The van der Waals surface area contributed by atoms with Gasteiger partial charge in [-0.2, -0.15) is 0 Å². The lowest BCUT2D eigenvalue weighted by Gasteiger charge is -2.19. The summed E-state index contributed by atoms with van der Waals surface area (Å²) in [6, 6.07) is 15.5. The van der Waals surface area contributed by atoms with E-state index in [-0.39, 0.29) is 0 Å². The van der Waals surface area contributed by atoms with E-state index < -0.39 is 0 Å². The lowest BCUT2D eigenvalue weighted by Crippen LogP contribution is -2.15. The molecule has 2 aliphatic carbocycles. The molecule has 3 unspecified atom stereocenters. The summed E-state index contributed by atoms with van der Waals surface area (Å²) >= 11 is 3.98. The molecule has 3 atom stereocenters. The molecule has 2 saturated carbocycles. The minimum atomic E-state index is 0.658. The highest BCUT2D eigenvalue weighted by Gasteiger charge is 2.47. The molecule has 1 heteroatoms. The Labute approximate surface area is 123 Å². The van der Waals surface area contributed by atoms with Crippen LogP contribution in [0.15, 0.2) is 42.5 Å². The van der Waals surface area contributed by atoms with E-state index in [4.69, 9.17) is 0 Å². The fourth-order valence-electron chi connectivity index (χ4n) is 3.90. The molecule has 0 saturated heterocycles. The number of halogens is 1. The molecule has 2 aromatic rings. The molecule has 0 amide bonds. The van der Waals surface area contributed by atoms with Crippen molar-refractivity contribution < 1.29 is 0 Å². The lowest BCUT2D eigenvalue weighted by atomic mass is 9.93. The Hall–Kier alpha value is -0.820. The van der Waals surface area contributed by atoms with Crippen molar-refractivity contribution in [3.05, 3.63) is 48.0 Å². The van der Waals surface area contributed by atoms with Gasteiger partial charge in [-0.1, -0.05) is 58.4 Å². The average molecular weight is 315 g/mol. The SMILES string of the molecule is BrC(Cc1cccc2ccccc12)C1CC2CC2C1. The zero-order valence-corrected chi connectivity index (χ0v) is 12.6. The minimum absolute atomic E-state index is 0.658. The van der Waals surface area contributed by atoms with Gasteiger partial charge in [-0.25, -0.2) is 0 Å². The quantitative estimate of drug-likeness (QED) is 0.684. The van der Waals surface area contributed by atoms with E-state index >= 15 is 0 Å². The molecule has 4 rings (SSSR count). The van der Waals surface area contributed by atoms with Gasteiger partial charge in [0.2, 0.25) is 0 Å². The topological polar surface area (TPSA) is 0 Å². The van der Waals surface area contributed by atoms with Crippen molar-refractivity contribution >= 4 is 26.7 Å².